The van der Waals surface area contributed by atoms with E-state index in [0.717, 1.165) is 0 Å². The first-order valence-electron chi connectivity index (χ1n) is 7.39. The Hall–Kier alpha value is -2.50. The molecule has 25 heavy (non-hydrogen) atoms. The SMILES string of the molecule is Cn1cc(C(=O)C=Cc2ccc(COc3cccc(Cl)c3Cl)o2)cn1. The van der Waals surface area contributed by atoms with Gasteiger partial charge in [0, 0.05) is 13.2 Å². The Bertz CT molecular complexity index is 928. The van der Waals surface area contributed by atoms with Crippen LogP contribution in [0.5, 0.6) is 5.75 Å². The Kier molecular flexibility index (Phi) is 5.26. The summed E-state index contributed by atoms with van der Waals surface area (Å²) in [6.07, 6.45) is 6.21. The number of furan rings is 1. The molecule has 1 aromatic carbocycles. The number of ether oxygens (including phenoxy) is 1. The standard InChI is InChI=1S/C18H14Cl2N2O3/c1-22-10-12(9-21-22)16(23)8-7-13-5-6-14(25-13)11-24-17-4-2-3-15(19)18(17)20/h2-10H,11H2,1H3. The van der Waals surface area contributed by atoms with Gasteiger partial charge in [-0.2, -0.15) is 5.10 Å². The van der Waals surface area contributed by atoms with Gasteiger partial charge >= 0.3 is 0 Å². The molecular formula is C18H14Cl2N2O3. The summed E-state index contributed by atoms with van der Waals surface area (Å²) in [7, 11) is 1.76. The number of ketones is 1. The second-order valence-electron chi connectivity index (χ2n) is 5.24. The fourth-order valence-electron chi connectivity index (χ4n) is 2.11. The van der Waals surface area contributed by atoms with Gasteiger partial charge in [-0.15, -0.1) is 0 Å². The number of hydrogen-bond acceptors (Lipinski definition) is 4. The van der Waals surface area contributed by atoms with Crippen molar-refractivity contribution < 1.29 is 13.9 Å². The number of halogens is 2. The first-order chi connectivity index (χ1) is 12.0. The third kappa shape index (κ3) is 4.32. The lowest BCUT2D eigenvalue weighted by atomic mass is 10.2. The minimum absolute atomic E-state index is 0.145. The molecule has 0 saturated heterocycles. The van der Waals surface area contributed by atoms with Gasteiger partial charge in [-0.05, 0) is 36.4 Å². The number of nitrogens with zero attached hydrogens (tertiary/aromatic N) is 2. The lowest BCUT2D eigenvalue weighted by molar-refractivity contribution is 0.104. The minimum atomic E-state index is -0.145. The molecular weight excluding hydrogens is 363 g/mol. The molecule has 5 nitrogen and oxygen atoms in total. The highest BCUT2D eigenvalue weighted by Gasteiger charge is 2.08. The molecule has 0 fully saturated rings. The van der Waals surface area contributed by atoms with Gasteiger partial charge in [-0.25, -0.2) is 0 Å². The van der Waals surface area contributed by atoms with E-state index in [1.165, 1.54) is 12.3 Å². The van der Waals surface area contributed by atoms with Gasteiger partial charge in [0.25, 0.3) is 0 Å². The zero-order valence-corrected chi connectivity index (χ0v) is 14.8. The van der Waals surface area contributed by atoms with Gasteiger partial charge in [-0.1, -0.05) is 29.3 Å². The molecule has 0 unspecified atom stereocenters. The summed E-state index contributed by atoms with van der Waals surface area (Å²) >= 11 is 12.0. The van der Waals surface area contributed by atoms with Crippen LogP contribution >= 0.6 is 23.2 Å². The van der Waals surface area contributed by atoms with E-state index < -0.39 is 0 Å². The van der Waals surface area contributed by atoms with Crippen molar-refractivity contribution in [3.8, 4) is 5.75 Å². The van der Waals surface area contributed by atoms with Gasteiger partial charge in [-0.3, -0.25) is 9.48 Å². The van der Waals surface area contributed by atoms with Crippen LogP contribution in [0.3, 0.4) is 0 Å². The molecule has 0 radical (unpaired) electrons. The molecule has 0 saturated carbocycles. The normalized spacial score (nSPS) is 11.2. The van der Waals surface area contributed by atoms with Crippen LogP contribution in [0.1, 0.15) is 21.9 Å². The summed E-state index contributed by atoms with van der Waals surface area (Å²) < 4.78 is 12.8. The van der Waals surface area contributed by atoms with Crippen LogP contribution in [0, 0.1) is 0 Å². The Labute approximate surface area is 154 Å². The number of carbonyl (C=O) groups excluding carboxylic acids is 1. The highest BCUT2D eigenvalue weighted by molar-refractivity contribution is 6.42. The van der Waals surface area contributed by atoms with Crippen LogP contribution in [0.2, 0.25) is 10.0 Å². The highest BCUT2D eigenvalue weighted by atomic mass is 35.5. The first kappa shape index (κ1) is 17.3. The Morgan fingerprint density at radius 3 is 2.92 bits per heavy atom. The molecule has 0 bridgehead atoms. The number of hydrogen-bond donors (Lipinski definition) is 0. The van der Waals surface area contributed by atoms with Crippen molar-refractivity contribution in [3.63, 3.8) is 0 Å². The predicted molar refractivity (Wildman–Crippen MR) is 96.1 cm³/mol. The Morgan fingerprint density at radius 2 is 2.16 bits per heavy atom. The van der Waals surface area contributed by atoms with E-state index >= 15 is 0 Å². The van der Waals surface area contributed by atoms with Crippen molar-refractivity contribution in [3.05, 3.63) is 75.9 Å². The van der Waals surface area contributed by atoms with E-state index in [1.54, 1.807) is 54.3 Å². The molecule has 0 amide bonds. The average molecular weight is 377 g/mol. The fraction of sp³-hybridized carbons (Fsp3) is 0.111. The van der Waals surface area contributed by atoms with Crippen molar-refractivity contribution in [2.75, 3.05) is 0 Å². The monoisotopic (exact) mass is 376 g/mol. The molecule has 0 aliphatic heterocycles. The predicted octanol–water partition coefficient (Wildman–Crippen LogP) is 4.80. The van der Waals surface area contributed by atoms with E-state index in [1.807, 2.05) is 0 Å². The number of aromatic nitrogens is 2. The first-order valence-corrected chi connectivity index (χ1v) is 8.15. The van der Waals surface area contributed by atoms with E-state index in [2.05, 4.69) is 5.10 Å². The smallest absolute Gasteiger partial charge is 0.189 e. The minimum Gasteiger partial charge on any atom is -0.484 e. The molecule has 7 heteroatoms. The molecule has 3 aromatic rings. The van der Waals surface area contributed by atoms with Gasteiger partial charge in [0.2, 0.25) is 0 Å². The van der Waals surface area contributed by atoms with Gasteiger partial charge in [0.05, 0.1) is 16.8 Å². The maximum absolute atomic E-state index is 12.0. The molecule has 0 aliphatic carbocycles. The number of rotatable bonds is 6. The molecule has 0 spiro atoms. The van der Waals surface area contributed by atoms with Crippen molar-refractivity contribution in [2.45, 2.75) is 6.61 Å². The molecule has 0 N–H and O–H groups in total. The Balaban J connectivity index is 1.61. The van der Waals surface area contributed by atoms with Crippen molar-refractivity contribution in [1.29, 1.82) is 0 Å². The van der Waals surface area contributed by atoms with Gasteiger partial charge in [0.1, 0.15) is 28.9 Å². The fourth-order valence-corrected chi connectivity index (χ4v) is 2.45. The zero-order chi connectivity index (χ0) is 17.8. The second kappa shape index (κ2) is 7.59. The average Bonchev–Trinajstić information content (AvgIpc) is 3.23. The lowest BCUT2D eigenvalue weighted by Crippen LogP contribution is -1.94. The quantitative estimate of drug-likeness (QED) is 0.458. The maximum atomic E-state index is 12.0. The summed E-state index contributed by atoms with van der Waals surface area (Å²) in [5, 5.41) is 4.75. The van der Waals surface area contributed by atoms with Crippen LogP contribution in [0.15, 0.2) is 53.2 Å². The van der Waals surface area contributed by atoms with E-state index in [0.29, 0.717) is 32.9 Å². The van der Waals surface area contributed by atoms with Crippen molar-refractivity contribution in [2.24, 2.45) is 7.05 Å². The molecule has 2 aromatic heterocycles. The number of benzene rings is 1. The van der Waals surface area contributed by atoms with E-state index in [9.17, 15) is 4.79 Å². The zero-order valence-electron chi connectivity index (χ0n) is 13.3. The topological polar surface area (TPSA) is 57.3 Å². The molecule has 2 heterocycles. The molecule has 0 aliphatic rings. The van der Waals surface area contributed by atoms with Crippen LogP contribution in [-0.2, 0) is 13.7 Å². The summed E-state index contributed by atoms with van der Waals surface area (Å²) in [5.41, 5.74) is 0.518. The third-order valence-corrected chi connectivity index (χ3v) is 4.16. The summed E-state index contributed by atoms with van der Waals surface area (Å²) in [4.78, 5) is 12.0. The van der Waals surface area contributed by atoms with Crippen LogP contribution in [0.4, 0.5) is 0 Å². The third-order valence-electron chi connectivity index (χ3n) is 3.36. The summed E-state index contributed by atoms with van der Waals surface area (Å²) in [6, 6.07) is 8.69. The largest absolute Gasteiger partial charge is 0.484 e. The van der Waals surface area contributed by atoms with Crippen molar-refractivity contribution >= 4 is 35.1 Å². The number of allylic oxidation sites excluding steroid dienone is 1. The summed E-state index contributed by atoms with van der Waals surface area (Å²) in [6.45, 7) is 0.199. The molecule has 3 rings (SSSR count). The molecule has 0 atom stereocenters. The van der Waals surface area contributed by atoms with Crippen LogP contribution < -0.4 is 4.74 Å². The second-order valence-corrected chi connectivity index (χ2v) is 6.03. The van der Waals surface area contributed by atoms with Gasteiger partial charge in [0.15, 0.2) is 5.78 Å². The summed E-state index contributed by atoms with van der Waals surface area (Å²) in [5.74, 6) is 1.49. The van der Waals surface area contributed by atoms with Crippen LogP contribution in [-0.4, -0.2) is 15.6 Å². The Morgan fingerprint density at radius 1 is 1.32 bits per heavy atom. The number of carbonyl (C=O) groups is 1. The number of aryl methyl sites for hydroxylation is 1. The van der Waals surface area contributed by atoms with E-state index in [4.69, 9.17) is 32.4 Å². The van der Waals surface area contributed by atoms with Crippen molar-refractivity contribution in [1.82, 2.24) is 9.78 Å². The highest BCUT2D eigenvalue weighted by Crippen LogP contribution is 2.32. The molecule has 128 valence electrons. The maximum Gasteiger partial charge on any atom is 0.189 e. The lowest BCUT2D eigenvalue weighted by Gasteiger charge is -2.06. The van der Waals surface area contributed by atoms with Crippen LogP contribution in [0.25, 0.3) is 6.08 Å². The van der Waals surface area contributed by atoms with E-state index in [-0.39, 0.29) is 12.4 Å². The van der Waals surface area contributed by atoms with Gasteiger partial charge < -0.3 is 9.15 Å².